The van der Waals surface area contributed by atoms with Crippen LogP contribution in [0.2, 0.25) is 0 Å². The lowest BCUT2D eigenvalue weighted by atomic mass is 9.74. The van der Waals surface area contributed by atoms with Crippen LogP contribution in [0.15, 0.2) is 18.2 Å². The van der Waals surface area contributed by atoms with Gasteiger partial charge in [0.15, 0.2) is 0 Å². The van der Waals surface area contributed by atoms with Gasteiger partial charge < -0.3 is 10.4 Å². The zero-order valence-corrected chi connectivity index (χ0v) is 11.0. The number of rotatable bonds is 4. The van der Waals surface area contributed by atoms with Gasteiger partial charge in [-0.25, -0.2) is 4.79 Å². The van der Waals surface area contributed by atoms with Gasteiger partial charge in [0.25, 0.3) is 0 Å². The van der Waals surface area contributed by atoms with Crippen molar-refractivity contribution >= 4 is 11.7 Å². The number of alkyl halides is 3. The Kier molecular flexibility index (Phi) is 3.67. The normalized spacial score (nSPS) is 17.4. The lowest BCUT2D eigenvalue weighted by Gasteiger charge is -2.43. The van der Waals surface area contributed by atoms with Crippen LogP contribution in [0.25, 0.3) is 0 Å². The molecule has 0 bridgehead atoms. The molecule has 110 valence electrons. The van der Waals surface area contributed by atoms with Gasteiger partial charge in [0.1, 0.15) is 0 Å². The van der Waals surface area contributed by atoms with E-state index in [0.29, 0.717) is 5.69 Å². The van der Waals surface area contributed by atoms with Crippen LogP contribution in [-0.4, -0.2) is 16.6 Å². The molecule has 1 aliphatic rings. The zero-order chi connectivity index (χ0) is 15.0. The Labute approximate surface area is 114 Å². The molecule has 0 unspecified atom stereocenters. The number of nitrogens with one attached hydrogen (secondary N) is 1. The van der Waals surface area contributed by atoms with Crippen molar-refractivity contribution in [2.75, 3.05) is 5.32 Å². The van der Waals surface area contributed by atoms with Gasteiger partial charge in [-0.3, -0.25) is 0 Å². The maximum Gasteiger partial charge on any atom is 0.417 e. The summed E-state index contributed by atoms with van der Waals surface area (Å²) in [5.74, 6) is -1.57. The largest absolute Gasteiger partial charge is 0.478 e. The smallest absolute Gasteiger partial charge is 0.417 e. The first-order chi connectivity index (χ1) is 9.27. The third-order valence-corrected chi connectivity index (χ3v) is 3.95. The number of hydrogen-bond acceptors (Lipinski definition) is 2. The predicted molar refractivity (Wildman–Crippen MR) is 68.9 cm³/mol. The summed E-state index contributed by atoms with van der Waals surface area (Å²) in [6, 6.07) is 3.29. The molecule has 0 aromatic heterocycles. The molecule has 1 saturated carbocycles. The van der Waals surface area contributed by atoms with Gasteiger partial charge >= 0.3 is 12.1 Å². The van der Waals surface area contributed by atoms with Crippen molar-refractivity contribution < 1.29 is 23.1 Å². The first kappa shape index (κ1) is 14.7. The second kappa shape index (κ2) is 5.00. The molecule has 0 amide bonds. The summed E-state index contributed by atoms with van der Waals surface area (Å²) in [5.41, 5.74) is -1.65. The van der Waals surface area contributed by atoms with Gasteiger partial charge in [-0.15, -0.1) is 0 Å². The Morgan fingerprint density at radius 1 is 1.40 bits per heavy atom. The van der Waals surface area contributed by atoms with Crippen LogP contribution in [0.3, 0.4) is 0 Å². The molecule has 3 nitrogen and oxygen atoms in total. The molecule has 1 aromatic rings. The van der Waals surface area contributed by atoms with E-state index >= 15 is 0 Å². The molecule has 0 saturated heterocycles. The Bertz CT molecular complexity index is 516. The number of hydrogen-bond donors (Lipinski definition) is 2. The molecule has 0 radical (unpaired) electrons. The van der Waals surface area contributed by atoms with Crippen LogP contribution in [0.5, 0.6) is 0 Å². The van der Waals surface area contributed by atoms with E-state index in [9.17, 15) is 18.0 Å². The molecular weight excluding hydrogens is 271 g/mol. The summed E-state index contributed by atoms with van der Waals surface area (Å²) in [6.07, 6.45) is -0.948. The number of aromatic carboxylic acids is 1. The number of carboxylic acids is 1. The summed E-state index contributed by atoms with van der Waals surface area (Å²) >= 11 is 0. The van der Waals surface area contributed by atoms with Crippen molar-refractivity contribution in [1.82, 2.24) is 0 Å². The fourth-order valence-corrected chi connectivity index (χ4v) is 2.52. The first-order valence-electron chi connectivity index (χ1n) is 6.50. The molecule has 2 N–H and O–H groups in total. The third kappa shape index (κ3) is 2.73. The lowest BCUT2D eigenvalue weighted by molar-refractivity contribution is -0.138. The van der Waals surface area contributed by atoms with Crippen molar-refractivity contribution in [3.63, 3.8) is 0 Å². The van der Waals surface area contributed by atoms with Gasteiger partial charge in [0.05, 0.1) is 11.1 Å². The summed E-state index contributed by atoms with van der Waals surface area (Å²) in [6.45, 7) is 1.99. The standard InChI is InChI=1S/C14H16F3NO2/c1-2-13(6-3-7-13)18-9-4-5-10(12(19)20)11(8-9)14(15,16)17/h4-5,8,18H,2-3,6-7H2,1H3,(H,19,20). The topological polar surface area (TPSA) is 49.3 Å². The Hall–Kier alpha value is -1.72. The number of anilines is 1. The molecule has 2 rings (SSSR count). The van der Waals surface area contributed by atoms with E-state index in [0.717, 1.165) is 37.8 Å². The van der Waals surface area contributed by atoms with Crippen LogP contribution >= 0.6 is 0 Å². The van der Waals surface area contributed by atoms with Crippen LogP contribution in [-0.2, 0) is 6.18 Å². The molecule has 0 spiro atoms. The SMILES string of the molecule is CCC1(Nc2ccc(C(=O)O)c(C(F)(F)F)c2)CCC1. The Morgan fingerprint density at radius 2 is 2.05 bits per heavy atom. The number of halogens is 3. The zero-order valence-electron chi connectivity index (χ0n) is 11.0. The third-order valence-electron chi connectivity index (χ3n) is 3.95. The summed E-state index contributed by atoms with van der Waals surface area (Å²) in [7, 11) is 0. The summed E-state index contributed by atoms with van der Waals surface area (Å²) in [5, 5.41) is 12.0. The number of carbonyl (C=O) groups is 1. The molecule has 6 heteroatoms. The Balaban J connectivity index is 2.35. The second-order valence-electron chi connectivity index (χ2n) is 5.18. The van der Waals surface area contributed by atoms with E-state index < -0.39 is 23.3 Å². The van der Waals surface area contributed by atoms with Crippen molar-refractivity contribution in [3.05, 3.63) is 29.3 Å². The van der Waals surface area contributed by atoms with Crippen LogP contribution < -0.4 is 5.32 Å². The molecule has 20 heavy (non-hydrogen) atoms. The number of benzene rings is 1. The minimum absolute atomic E-state index is 0.145. The molecule has 1 aliphatic carbocycles. The fourth-order valence-electron chi connectivity index (χ4n) is 2.52. The maximum atomic E-state index is 12.9. The van der Waals surface area contributed by atoms with Gasteiger partial charge in [0.2, 0.25) is 0 Å². The highest BCUT2D eigenvalue weighted by molar-refractivity contribution is 5.90. The molecular formula is C14H16F3NO2. The minimum atomic E-state index is -4.68. The van der Waals surface area contributed by atoms with Crippen molar-refractivity contribution in [2.24, 2.45) is 0 Å². The maximum absolute atomic E-state index is 12.9. The highest BCUT2D eigenvalue weighted by atomic mass is 19.4. The molecule has 1 aromatic carbocycles. The van der Waals surface area contributed by atoms with Crippen LogP contribution in [0.4, 0.5) is 18.9 Å². The Morgan fingerprint density at radius 3 is 2.45 bits per heavy atom. The van der Waals surface area contributed by atoms with Crippen molar-refractivity contribution in [2.45, 2.75) is 44.3 Å². The molecule has 0 atom stereocenters. The summed E-state index contributed by atoms with van der Waals surface area (Å²) < 4.78 is 38.7. The van der Waals surface area contributed by atoms with Crippen molar-refractivity contribution in [1.29, 1.82) is 0 Å². The highest BCUT2D eigenvalue weighted by Gasteiger charge is 2.38. The average Bonchev–Trinajstić information content (AvgIpc) is 2.32. The van der Waals surface area contributed by atoms with Crippen molar-refractivity contribution in [3.8, 4) is 0 Å². The fraction of sp³-hybridized carbons (Fsp3) is 0.500. The van der Waals surface area contributed by atoms with E-state index in [1.807, 2.05) is 6.92 Å². The number of carboxylic acid groups (broad SMARTS) is 1. The van der Waals surface area contributed by atoms with Crippen LogP contribution in [0, 0.1) is 0 Å². The van der Waals surface area contributed by atoms with E-state index in [1.165, 1.54) is 6.07 Å². The predicted octanol–water partition coefficient (Wildman–Crippen LogP) is 4.15. The molecule has 0 heterocycles. The second-order valence-corrected chi connectivity index (χ2v) is 5.18. The van der Waals surface area contributed by atoms with Gasteiger partial charge in [-0.2, -0.15) is 13.2 Å². The minimum Gasteiger partial charge on any atom is -0.478 e. The highest BCUT2D eigenvalue weighted by Crippen LogP contribution is 2.40. The van der Waals surface area contributed by atoms with E-state index in [1.54, 1.807) is 0 Å². The van der Waals surface area contributed by atoms with Crippen LogP contribution in [0.1, 0.15) is 48.5 Å². The molecule has 1 fully saturated rings. The average molecular weight is 287 g/mol. The first-order valence-corrected chi connectivity index (χ1v) is 6.50. The van der Waals surface area contributed by atoms with E-state index in [-0.39, 0.29) is 5.54 Å². The quantitative estimate of drug-likeness (QED) is 0.874. The van der Waals surface area contributed by atoms with Gasteiger partial charge in [-0.1, -0.05) is 6.92 Å². The molecule has 0 aliphatic heterocycles. The van der Waals surface area contributed by atoms with Gasteiger partial charge in [0, 0.05) is 11.2 Å². The summed E-state index contributed by atoms with van der Waals surface area (Å²) in [4.78, 5) is 10.9. The van der Waals surface area contributed by atoms with E-state index in [2.05, 4.69) is 5.32 Å². The monoisotopic (exact) mass is 287 g/mol. The lowest BCUT2D eigenvalue weighted by Crippen LogP contribution is -2.44. The van der Waals surface area contributed by atoms with Gasteiger partial charge in [-0.05, 0) is 43.9 Å². The van der Waals surface area contributed by atoms with E-state index in [4.69, 9.17) is 5.11 Å².